The molecule has 0 aromatic heterocycles. The SMILES string of the molecule is O=C(NC1CCCCC1)C12CC3C[C@@](CCCl)(C1)C[C@](c1ccccc1)(C3)C2. The molecule has 0 aliphatic heterocycles. The Labute approximate surface area is 174 Å². The maximum absolute atomic E-state index is 13.7. The van der Waals surface area contributed by atoms with Crippen LogP contribution in [0.2, 0.25) is 0 Å². The van der Waals surface area contributed by atoms with E-state index in [-0.39, 0.29) is 16.2 Å². The van der Waals surface area contributed by atoms with E-state index in [9.17, 15) is 4.79 Å². The first-order valence-electron chi connectivity index (χ1n) is 11.5. The van der Waals surface area contributed by atoms with E-state index < -0.39 is 0 Å². The molecule has 1 aromatic carbocycles. The van der Waals surface area contributed by atoms with Crippen LogP contribution in [-0.4, -0.2) is 17.8 Å². The second kappa shape index (κ2) is 7.04. The molecule has 2 nitrogen and oxygen atoms in total. The third kappa shape index (κ3) is 3.11. The Morgan fingerprint density at radius 2 is 1.79 bits per heavy atom. The summed E-state index contributed by atoms with van der Waals surface area (Å²) in [5.41, 5.74) is 1.74. The van der Waals surface area contributed by atoms with E-state index in [4.69, 9.17) is 11.6 Å². The minimum absolute atomic E-state index is 0.168. The molecule has 5 fully saturated rings. The molecule has 0 radical (unpaired) electrons. The predicted molar refractivity (Wildman–Crippen MR) is 115 cm³/mol. The highest BCUT2D eigenvalue weighted by atomic mass is 35.5. The second-order valence-electron chi connectivity index (χ2n) is 10.7. The number of hydrogen-bond donors (Lipinski definition) is 1. The first-order valence-corrected chi connectivity index (χ1v) is 12.0. The largest absolute Gasteiger partial charge is 0.353 e. The van der Waals surface area contributed by atoms with Crippen LogP contribution in [0.4, 0.5) is 0 Å². The van der Waals surface area contributed by atoms with Crippen molar-refractivity contribution in [1.29, 1.82) is 0 Å². The summed E-state index contributed by atoms with van der Waals surface area (Å²) in [7, 11) is 0. The Morgan fingerprint density at radius 3 is 2.54 bits per heavy atom. The van der Waals surface area contributed by atoms with Gasteiger partial charge in [0.15, 0.2) is 0 Å². The summed E-state index contributed by atoms with van der Waals surface area (Å²) >= 11 is 6.31. The molecule has 6 rings (SSSR count). The van der Waals surface area contributed by atoms with Gasteiger partial charge in [0.1, 0.15) is 0 Å². The van der Waals surface area contributed by atoms with Gasteiger partial charge in [-0.15, -0.1) is 11.6 Å². The molecule has 152 valence electrons. The van der Waals surface area contributed by atoms with Crippen LogP contribution in [0.1, 0.15) is 82.6 Å². The molecular formula is C25H34ClNO. The zero-order valence-electron chi connectivity index (χ0n) is 17.0. The number of amides is 1. The lowest BCUT2D eigenvalue weighted by Gasteiger charge is -2.66. The second-order valence-corrected chi connectivity index (χ2v) is 11.1. The first-order chi connectivity index (χ1) is 13.6. The summed E-state index contributed by atoms with van der Waals surface area (Å²) in [5, 5.41) is 3.53. The number of carbonyl (C=O) groups is 1. The van der Waals surface area contributed by atoms with Crippen molar-refractivity contribution in [2.45, 2.75) is 88.5 Å². The predicted octanol–water partition coefficient (Wildman–Crippen LogP) is 5.97. The standard InChI is InChI=1S/C25H34ClNO/c26-12-11-23-13-19-14-24(16-23,20-7-3-1-4-8-20)18-25(15-19,17-23)22(28)27-21-9-5-2-6-10-21/h1,3-4,7-8,19,21H,2,5-6,9-18H2,(H,27,28)/t19?,23-,24-,25?/m1/s1. The summed E-state index contributed by atoms with van der Waals surface area (Å²) in [4.78, 5) is 13.7. The maximum atomic E-state index is 13.7. The van der Waals surface area contributed by atoms with Crippen LogP contribution in [0, 0.1) is 16.7 Å². The van der Waals surface area contributed by atoms with Gasteiger partial charge in [-0.3, -0.25) is 4.79 Å². The Kier molecular flexibility index (Phi) is 4.77. The van der Waals surface area contributed by atoms with Crippen LogP contribution in [0.5, 0.6) is 0 Å². The lowest BCUT2D eigenvalue weighted by molar-refractivity contribution is -0.164. The van der Waals surface area contributed by atoms with Gasteiger partial charge < -0.3 is 5.32 Å². The van der Waals surface area contributed by atoms with Gasteiger partial charge in [0.2, 0.25) is 5.91 Å². The third-order valence-corrected chi connectivity index (χ3v) is 8.81. The van der Waals surface area contributed by atoms with E-state index in [1.807, 2.05) is 0 Å². The van der Waals surface area contributed by atoms with E-state index >= 15 is 0 Å². The molecular weight excluding hydrogens is 366 g/mol. The van der Waals surface area contributed by atoms with Gasteiger partial charge in [0.25, 0.3) is 0 Å². The van der Waals surface area contributed by atoms with Gasteiger partial charge in [-0.05, 0) is 80.1 Å². The van der Waals surface area contributed by atoms with Crippen LogP contribution >= 0.6 is 11.6 Å². The molecule has 0 heterocycles. The Balaban J connectivity index is 1.49. The first kappa shape index (κ1) is 19.0. The van der Waals surface area contributed by atoms with E-state index in [0.29, 0.717) is 17.9 Å². The topological polar surface area (TPSA) is 29.1 Å². The van der Waals surface area contributed by atoms with Gasteiger partial charge in [-0.2, -0.15) is 0 Å². The van der Waals surface area contributed by atoms with E-state index in [1.54, 1.807) is 0 Å². The molecule has 4 bridgehead atoms. The van der Waals surface area contributed by atoms with Crippen molar-refractivity contribution in [2.24, 2.45) is 16.7 Å². The van der Waals surface area contributed by atoms with Crippen molar-refractivity contribution < 1.29 is 4.79 Å². The normalized spacial score (nSPS) is 39.8. The number of alkyl halides is 1. The van der Waals surface area contributed by atoms with Gasteiger partial charge >= 0.3 is 0 Å². The molecule has 4 atom stereocenters. The third-order valence-electron chi connectivity index (χ3n) is 8.62. The number of halogens is 1. The molecule has 5 aliphatic carbocycles. The molecule has 0 spiro atoms. The quantitative estimate of drug-likeness (QED) is 0.607. The van der Waals surface area contributed by atoms with Crippen molar-refractivity contribution in [1.82, 2.24) is 5.32 Å². The Hall–Kier alpha value is -1.02. The molecule has 5 aliphatic rings. The fourth-order valence-electron chi connectivity index (χ4n) is 8.07. The van der Waals surface area contributed by atoms with Crippen LogP contribution in [0.25, 0.3) is 0 Å². The molecule has 1 amide bonds. The highest BCUT2D eigenvalue weighted by Gasteiger charge is 2.65. The monoisotopic (exact) mass is 399 g/mol. The van der Waals surface area contributed by atoms with Crippen molar-refractivity contribution in [3.63, 3.8) is 0 Å². The summed E-state index contributed by atoms with van der Waals surface area (Å²) in [6, 6.07) is 11.5. The van der Waals surface area contributed by atoms with Crippen molar-refractivity contribution in [3.8, 4) is 0 Å². The molecule has 0 saturated heterocycles. The summed E-state index contributed by atoms with van der Waals surface area (Å²) < 4.78 is 0. The van der Waals surface area contributed by atoms with Crippen LogP contribution in [-0.2, 0) is 10.2 Å². The van der Waals surface area contributed by atoms with Gasteiger partial charge in [-0.1, -0.05) is 49.6 Å². The van der Waals surface area contributed by atoms with E-state index in [2.05, 4.69) is 35.6 Å². The Bertz CT molecular complexity index is 729. The van der Waals surface area contributed by atoms with Crippen molar-refractivity contribution >= 4 is 17.5 Å². The fourth-order valence-corrected chi connectivity index (χ4v) is 8.47. The van der Waals surface area contributed by atoms with Gasteiger partial charge in [0, 0.05) is 11.9 Å². The number of benzene rings is 1. The molecule has 1 aromatic rings. The summed E-state index contributed by atoms with van der Waals surface area (Å²) in [5.74, 6) is 1.78. The molecule has 28 heavy (non-hydrogen) atoms. The van der Waals surface area contributed by atoms with Crippen LogP contribution in [0.3, 0.4) is 0 Å². The Morgan fingerprint density at radius 1 is 1.00 bits per heavy atom. The average Bonchev–Trinajstić information content (AvgIpc) is 2.68. The number of hydrogen-bond acceptors (Lipinski definition) is 1. The zero-order chi connectivity index (χ0) is 19.2. The maximum Gasteiger partial charge on any atom is 0.226 e. The van der Waals surface area contributed by atoms with Crippen LogP contribution < -0.4 is 5.32 Å². The minimum Gasteiger partial charge on any atom is -0.353 e. The molecule has 2 unspecified atom stereocenters. The van der Waals surface area contributed by atoms with Gasteiger partial charge in [-0.25, -0.2) is 0 Å². The molecule has 5 saturated carbocycles. The fraction of sp³-hybridized carbons (Fsp3) is 0.720. The number of nitrogens with one attached hydrogen (secondary N) is 1. The van der Waals surface area contributed by atoms with Crippen LogP contribution in [0.15, 0.2) is 30.3 Å². The zero-order valence-corrected chi connectivity index (χ0v) is 17.8. The van der Waals surface area contributed by atoms with Crippen molar-refractivity contribution in [2.75, 3.05) is 5.88 Å². The van der Waals surface area contributed by atoms with Gasteiger partial charge in [0.05, 0.1) is 5.41 Å². The number of carbonyl (C=O) groups excluding carboxylic acids is 1. The average molecular weight is 400 g/mol. The lowest BCUT2D eigenvalue weighted by Crippen LogP contribution is -2.63. The van der Waals surface area contributed by atoms with E-state index in [0.717, 1.165) is 31.6 Å². The van der Waals surface area contributed by atoms with E-state index in [1.165, 1.54) is 56.9 Å². The number of rotatable bonds is 5. The molecule has 3 heteroatoms. The summed E-state index contributed by atoms with van der Waals surface area (Å²) in [6.45, 7) is 0. The lowest BCUT2D eigenvalue weighted by atomic mass is 9.38. The summed E-state index contributed by atoms with van der Waals surface area (Å²) in [6.07, 6.45) is 14.3. The highest BCUT2D eigenvalue weighted by molar-refractivity contribution is 6.17. The smallest absolute Gasteiger partial charge is 0.226 e. The highest BCUT2D eigenvalue weighted by Crippen LogP contribution is 2.71. The minimum atomic E-state index is -0.168. The van der Waals surface area contributed by atoms with Crippen molar-refractivity contribution in [3.05, 3.63) is 35.9 Å². The molecule has 1 N–H and O–H groups in total.